The maximum Gasteiger partial charge on any atom is 0.160 e. The first kappa shape index (κ1) is 12.5. The van der Waals surface area contributed by atoms with Crippen LogP contribution in [0.4, 0.5) is 0 Å². The average Bonchev–Trinajstić information content (AvgIpc) is 2.15. The highest BCUT2D eigenvalue weighted by Gasteiger charge is 2.07. The normalized spacial score (nSPS) is 11.6. The van der Waals surface area contributed by atoms with Gasteiger partial charge in [0.1, 0.15) is 5.78 Å². The molecule has 0 unspecified atom stereocenters. The largest absolute Gasteiger partial charge is 0.504 e. The summed E-state index contributed by atoms with van der Waals surface area (Å²) in [4.78, 5) is 10.7. The maximum atomic E-state index is 10.7. The van der Waals surface area contributed by atoms with Crippen LogP contribution in [-0.4, -0.2) is 18.0 Å². The van der Waals surface area contributed by atoms with Gasteiger partial charge >= 0.3 is 0 Å². The Hall–Kier alpha value is -1.51. The second-order valence-electron chi connectivity index (χ2n) is 2.93. The Morgan fingerprint density at radius 1 is 1.50 bits per heavy atom. The van der Waals surface area contributed by atoms with Gasteiger partial charge in [-0.1, -0.05) is 13.2 Å². The molecule has 3 heteroatoms. The molecule has 14 heavy (non-hydrogen) atoms. The van der Waals surface area contributed by atoms with E-state index >= 15 is 0 Å². The number of ketones is 1. The Labute approximate surface area is 84.4 Å². The van der Waals surface area contributed by atoms with E-state index in [1.165, 1.54) is 20.1 Å². The zero-order chi connectivity index (χ0) is 11.1. The summed E-state index contributed by atoms with van der Waals surface area (Å²) < 4.78 is 4.86. The molecule has 0 fully saturated rings. The fourth-order valence-electron chi connectivity index (χ4n) is 0.896. The highest BCUT2D eigenvalue weighted by molar-refractivity contribution is 5.75. The van der Waals surface area contributed by atoms with Gasteiger partial charge < -0.3 is 14.6 Å². The van der Waals surface area contributed by atoms with E-state index in [-0.39, 0.29) is 17.3 Å². The number of ether oxygens (including phenoxy) is 1. The van der Waals surface area contributed by atoms with Crippen molar-refractivity contribution in [1.82, 2.24) is 0 Å². The van der Waals surface area contributed by atoms with Gasteiger partial charge in [-0.3, -0.25) is 0 Å². The van der Waals surface area contributed by atoms with E-state index in [4.69, 9.17) is 4.74 Å². The Morgan fingerprint density at radius 2 is 2.07 bits per heavy atom. The first-order chi connectivity index (χ1) is 6.52. The number of carbonyl (C=O) groups excluding carboxylic acids is 1. The topological polar surface area (TPSA) is 46.5 Å². The molecule has 0 aliphatic carbocycles. The minimum atomic E-state index is -0.0382. The van der Waals surface area contributed by atoms with Gasteiger partial charge in [0.25, 0.3) is 0 Å². The summed E-state index contributed by atoms with van der Waals surface area (Å²) in [7, 11) is 1.44. The number of methoxy groups -OCH3 is 1. The van der Waals surface area contributed by atoms with Crippen LogP contribution in [0.2, 0.25) is 0 Å². The quantitative estimate of drug-likeness (QED) is 0.524. The zero-order valence-corrected chi connectivity index (χ0v) is 8.67. The molecule has 0 bridgehead atoms. The lowest BCUT2D eigenvalue weighted by molar-refractivity contribution is -0.116. The molecule has 0 aliphatic rings. The molecule has 0 aromatic rings. The molecule has 0 heterocycles. The number of Topliss-reactive ketones (excluding diaryl/α,β-unsaturated/α-hetero) is 1. The van der Waals surface area contributed by atoms with Crippen LogP contribution in [0.5, 0.6) is 0 Å². The van der Waals surface area contributed by atoms with Gasteiger partial charge in [-0.2, -0.15) is 0 Å². The molecular weight excluding hydrogens is 180 g/mol. The second-order valence-corrected chi connectivity index (χ2v) is 2.93. The molecule has 78 valence electrons. The Morgan fingerprint density at radius 3 is 2.43 bits per heavy atom. The minimum absolute atomic E-state index is 0.0382. The van der Waals surface area contributed by atoms with E-state index in [0.717, 1.165) is 0 Å². The smallest absolute Gasteiger partial charge is 0.160 e. The minimum Gasteiger partial charge on any atom is -0.504 e. The summed E-state index contributed by atoms with van der Waals surface area (Å²) in [5.41, 5.74) is 0.483. The predicted octanol–water partition coefficient (Wildman–Crippen LogP) is 2.51. The van der Waals surface area contributed by atoms with Crippen LogP contribution >= 0.6 is 0 Å². The van der Waals surface area contributed by atoms with Crippen LogP contribution < -0.4 is 0 Å². The monoisotopic (exact) mass is 196 g/mol. The molecule has 0 saturated carbocycles. The van der Waals surface area contributed by atoms with E-state index in [9.17, 15) is 9.90 Å². The van der Waals surface area contributed by atoms with Crippen molar-refractivity contribution in [2.75, 3.05) is 7.11 Å². The summed E-state index contributed by atoms with van der Waals surface area (Å²) in [6.07, 6.45) is 2.20. The fourth-order valence-corrected chi connectivity index (χ4v) is 0.896. The molecular formula is C11H16O3. The van der Waals surface area contributed by atoms with Gasteiger partial charge in [0, 0.05) is 6.42 Å². The summed E-state index contributed by atoms with van der Waals surface area (Å²) >= 11 is 0. The van der Waals surface area contributed by atoms with Crippen molar-refractivity contribution < 1.29 is 14.6 Å². The van der Waals surface area contributed by atoms with Crippen molar-refractivity contribution in [3.05, 3.63) is 36.3 Å². The van der Waals surface area contributed by atoms with Gasteiger partial charge in [0.05, 0.1) is 7.11 Å². The molecule has 0 rings (SSSR count). The molecule has 0 spiro atoms. The van der Waals surface area contributed by atoms with Crippen LogP contribution in [0.25, 0.3) is 0 Å². The van der Waals surface area contributed by atoms with E-state index < -0.39 is 0 Å². The number of rotatable bonds is 6. The number of hydrogen-bond donors (Lipinski definition) is 1. The highest BCUT2D eigenvalue weighted by Crippen LogP contribution is 2.16. The molecule has 0 aliphatic heterocycles. The van der Waals surface area contributed by atoms with Crippen molar-refractivity contribution in [3.8, 4) is 0 Å². The van der Waals surface area contributed by atoms with Crippen LogP contribution in [0.1, 0.15) is 19.8 Å². The Kier molecular flexibility index (Phi) is 5.37. The summed E-state index contributed by atoms with van der Waals surface area (Å²) in [5.74, 6) is 0.304. The molecule has 0 aromatic heterocycles. The Balaban J connectivity index is 4.44. The van der Waals surface area contributed by atoms with E-state index in [1.54, 1.807) is 0 Å². The first-order valence-corrected chi connectivity index (χ1v) is 4.30. The summed E-state index contributed by atoms with van der Waals surface area (Å²) in [6.45, 7) is 8.63. The zero-order valence-electron chi connectivity index (χ0n) is 8.67. The summed E-state index contributed by atoms with van der Waals surface area (Å²) in [6, 6.07) is 0. The van der Waals surface area contributed by atoms with Crippen molar-refractivity contribution in [1.29, 1.82) is 0 Å². The second kappa shape index (κ2) is 6.02. The van der Waals surface area contributed by atoms with E-state index in [0.29, 0.717) is 18.4 Å². The lowest BCUT2D eigenvalue weighted by atomic mass is 10.1. The van der Waals surface area contributed by atoms with Crippen molar-refractivity contribution in [2.45, 2.75) is 19.8 Å². The number of aliphatic hydroxyl groups excluding tert-OH is 1. The highest BCUT2D eigenvalue weighted by atomic mass is 16.5. The molecule has 0 atom stereocenters. The van der Waals surface area contributed by atoms with Gasteiger partial charge in [-0.05, 0) is 25.0 Å². The fraction of sp³-hybridized carbons (Fsp3) is 0.364. The summed E-state index contributed by atoms with van der Waals surface area (Å²) in [5, 5.41) is 9.56. The number of allylic oxidation sites excluding steroid dienone is 2. The molecule has 0 aromatic carbocycles. The third kappa shape index (κ3) is 3.94. The maximum absolute atomic E-state index is 10.7. The molecule has 3 nitrogen and oxygen atoms in total. The van der Waals surface area contributed by atoms with Crippen molar-refractivity contribution in [3.63, 3.8) is 0 Å². The predicted molar refractivity (Wildman–Crippen MR) is 55.9 cm³/mol. The number of carbonyl (C=O) groups is 1. The van der Waals surface area contributed by atoms with Crippen molar-refractivity contribution >= 4 is 5.78 Å². The van der Waals surface area contributed by atoms with Crippen LogP contribution in [0.3, 0.4) is 0 Å². The van der Waals surface area contributed by atoms with Gasteiger partial charge in [0.2, 0.25) is 0 Å². The molecule has 0 amide bonds. The third-order valence-corrected chi connectivity index (χ3v) is 1.75. The van der Waals surface area contributed by atoms with Gasteiger partial charge in [0.15, 0.2) is 11.5 Å². The lowest BCUT2D eigenvalue weighted by Gasteiger charge is -2.07. The standard InChI is InChI=1S/C11H16O3/c1-5-10(14-4)11(13)8(2)6-7-9(3)12/h5,13H,1-2,6-7H2,3-4H3/b11-10-. The number of aliphatic hydroxyl groups is 1. The van der Waals surface area contributed by atoms with Crippen LogP contribution in [0.15, 0.2) is 36.3 Å². The molecule has 1 N–H and O–H groups in total. The average molecular weight is 196 g/mol. The van der Waals surface area contributed by atoms with Crippen LogP contribution in [0, 0.1) is 0 Å². The molecule has 0 radical (unpaired) electrons. The third-order valence-electron chi connectivity index (χ3n) is 1.75. The molecule has 0 saturated heterocycles. The van der Waals surface area contributed by atoms with E-state index in [2.05, 4.69) is 13.2 Å². The number of hydrogen-bond acceptors (Lipinski definition) is 3. The van der Waals surface area contributed by atoms with Crippen LogP contribution in [-0.2, 0) is 9.53 Å². The Bertz CT molecular complexity index is 274. The van der Waals surface area contributed by atoms with Crippen molar-refractivity contribution in [2.24, 2.45) is 0 Å². The van der Waals surface area contributed by atoms with E-state index in [1.807, 2.05) is 0 Å². The van der Waals surface area contributed by atoms with Gasteiger partial charge in [-0.25, -0.2) is 0 Å². The SMILES string of the molecule is C=C/C(OC)=C(/O)C(=C)CCC(C)=O. The first-order valence-electron chi connectivity index (χ1n) is 4.30. The van der Waals surface area contributed by atoms with Gasteiger partial charge in [-0.15, -0.1) is 0 Å². The lowest BCUT2D eigenvalue weighted by Crippen LogP contribution is -1.97.